The summed E-state index contributed by atoms with van der Waals surface area (Å²) in [5, 5.41) is 0.0553. The van der Waals surface area contributed by atoms with Crippen molar-refractivity contribution < 1.29 is 19.1 Å². The molecule has 0 aliphatic rings. The number of unbranched alkanes of at least 4 members (excludes halogenated alkanes) is 11. The number of esters is 2. The molecule has 0 amide bonds. The van der Waals surface area contributed by atoms with Crippen LogP contribution in [0, 0.1) is 0 Å². The molecule has 0 spiro atoms. The second-order valence-corrected chi connectivity index (χ2v) is 11.0. The van der Waals surface area contributed by atoms with Crippen molar-refractivity contribution in [2.24, 2.45) is 0 Å². The van der Waals surface area contributed by atoms with Crippen LogP contribution in [0.5, 0.6) is 0 Å². The minimum absolute atomic E-state index is 0.0553. The molecule has 0 saturated carbocycles. The van der Waals surface area contributed by atoms with Crippen LogP contribution < -0.4 is 0 Å². The average Bonchev–Trinajstić information content (AvgIpc) is 2.74. The lowest BCUT2D eigenvalue weighted by Crippen LogP contribution is -2.32. The molecule has 0 aliphatic heterocycles. The third-order valence-corrected chi connectivity index (χ3v) is 8.46. The normalized spacial score (nSPS) is 13.1. The quantitative estimate of drug-likeness (QED) is 0.113. The maximum absolute atomic E-state index is 12.3. The first-order valence-corrected chi connectivity index (χ1v) is 14.1. The van der Waals surface area contributed by atoms with Gasteiger partial charge in [-0.1, -0.05) is 78.1 Å². The Morgan fingerprint density at radius 1 is 0.700 bits per heavy atom. The Bertz CT molecular complexity index is 414. The Kier molecular flexibility index (Phi) is 21.0. The van der Waals surface area contributed by atoms with Gasteiger partial charge in [0.15, 0.2) is 0 Å². The molecule has 2 unspecified atom stereocenters. The summed E-state index contributed by atoms with van der Waals surface area (Å²) < 4.78 is 10.3. The van der Waals surface area contributed by atoms with Crippen molar-refractivity contribution in [2.75, 3.05) is 25.2 Å². The lowest BCUT2D eigenvalue weighted by atomic mass is 10.1. The SMILES string of the molecule is CCCCCCCCCCCC[S+](CC)C(CC(=O)OC)CC(=O)OCCCCC. The van der Waals surface area contributed by atoms with Gasteiger partial charge in [0.05, 0.1) is 26.6 Å². The van der Waals surface area contributed by atoms with Crippen molar-refractivity contribution in [1.29, 1.82) is 0 Å². The highest BCUT2D eigenvalue weighted by atomic mass is 32.2. The van der Waals surface area contributed by atoms with Gasteiger partial charge in [0.25, 0.3) is 0 Å². The molecule has 2 atom stereocenters. The van der Waals surface area contributed by atoms with E-state index in [-0.39, 0.29) is 28.1 Å². The van der Waals surface area contributed by atoms with Crippen molar-refractivity contribution in [3.05, 3.63) is 0 Å². The summed E-state index contributed by atoms with van der Waals surface area (Å²) in [6, 6.07) is 0. The van der Waals surface area contributed by atoms with Gasteiger partial charge in [-0.15, -0.1) is 0 Å². The molecule has 178 valence electrons. The topological polar surface area (TPSA) is 52.6 Å². The molecule has 30 heavy (non-hydrogen) atoms. The molecule has 0 bridgehead atoms. The van der Waals surface area contributed by atoms with Gasteiger partial charge in [0.2, 0.25) is 0 Å². The second-order valence-electron chi connectivity index (χ2n) is 8.25. The van der Waals surface area contributed by atoms with Crippen LogP contribution in [0.2, 0.25) is 0 Å². The molecule has 0 saturated heterocycles. The highest BCUT2D eigenvalue weighted by Crippen LogP contribution is 2.19. The van der Waals surface area contributed by atoms with E-state index in [1.807, 2.05) is 0 Å². The number of hydrogen-bond donors (Lipinski definition) is 0. The molecule has 4 nitrogen and oxygen atoms in total. The van der Waals surface area contributed by atoms with Crippen molar-refractivity contribution >= 4 is 22.8 Å². The highest BCUT2D eigenvalue weighted by Gasteiger charge is 2.33. The van der Waals surface area contributed by atoms with Crippen LogP contribution in [0.3, 0.4) is 0 Å². The fourth-order valence-corrected chi connectivity index (χ4v) is 6.09. The van der Waals surface area contributed by atoms with E-state index in [0.717, 1.165) is 30.8 Å². The summed E-state index contributed by atoms with van der Waals surface area (Å²) in [6.45, 7) is 7.07. The van der Waals surface area contributed by atoms with E-state index >= 15 is 0 Å². The van der Waals surface area contributed by atoms with E-state index in [0.29, 0.717) is 19.4 Å². The van der Waals surface area contributed by atoms with Gasteiger partial charge < -0.3 is 9.47 Å². The van der Waals surface area contributed by atoms with Crippen LogP contribution in [-0.4, -0.2) is 42.4 Å². The van der Waals surface area contributed by atoms with E-state index in [4.69, 9.17) is 9.47 Å². The lowest BCUT2D eigenvalue weighted by molar-refractivity contribution is -0.144. The zero-order chi connectivity index (χ0) is 22.5. The van der Waals surface area contributed by atoms with Crippen molar-refractivity contribution in [3.8, 4) is 0 Å². The highest BCUT2D eigenvalue weighted by molar-refractivity contribution is 7.97. The van der Waals surface area contributed by atoms with Gasteiger partial charge in [0, 0.05) is 0 Å². The van der Waals surface area contributed by atoms with Crippen molar-refractivity contribution in [1.82, 2.24) is 0 Å². The predicted octanol–water partition coefficient (Wildman–Crippen LogP) is 6.60. The summed E-state index contributed by atoms with van der Waals surface area (Å²) in [6.07, 6.45) is 17.1. The maximum atomic E-state index is 12.3. The predicted molar refractivity (Wildman–Crippen MR) is 130 cm³/mol. The standard InChI is InChI=1S/C25H49O4S/c1-5-8-10-11-12-13-14-15-16-18-20-30(7-3)23(21-24(26)28-4)22-25(27)29-19-17-9-6-2/h23H,5-22H2,1-4H3/q+1. The summed E-state index contributed by atoms with van der Waals surface area (Å²) >= 11 is 0. The van der Waals surface area contributed by atoms with Gasteiger partial charge >= 0.3 is 11.9 Å². The molecule has 0 fully saturated rings. The largest absolute Gasteiger partial charge is 0.469 e. The van der Waals surface area contributed by atoms with E-state index in [1.165, 1.54) is 71.3 Å². The van der Waals surface area contributed by atoms with Crippen molar-refractivity contribution in [2.45, 2.75) is 122 Å². The maximum Gasteiger partial charge on any atom is 0.310 e. The van der Waals surface area contributed by atoms with Gasteiger partial charge in [-0.3, -0.25) is 9.59 Å². The Labute approximate surface area is 189 Å². The van der Waals surface area contributed by atoms with E-state index in [1.54, 1.807) is 0 Å². The molecule has 0 aromatic carbocycles. The van der Waals surface area contributed by atoms with Crippen LogP contribution >= 0.6 is 0 Å². The van der Waals surface area contributed by atoms with E-state index in [9.17, 15) is 9.59 Å². The first-order chi connectivity index (χ1) is 14.6. The van der Waals surface area contributed by atoms with Gasteiger partial charge in [-0.25, -0.2) is 0 Å². The minimum atomic E-state index is -0.215. The van der Waals surface area contributed by atoms with Gasteiger partial charge in [0.1, 0.15) is 16.8 Å². The first-order valence-electron chi connectivity index (χ1n) is 12.5. The Morgan fingerprint density at radius 2 is 1.20 bits per heavy atom. The lowest BCUT2D eigenvalue weighted by Gasteiger charge is -2.17. The Hall–Kier alpha value is -0.710. The third kappa shape index (κ3) is 17.0. The number of hydrogen-bond acceptors (Lipinski definition) is 4. The molecule has 0 heterocycles. The number of carbonyl (C=O) groups excluding carboxylic acids is 2. The van der Waals surface area contributed by atoms with Crippen LogP contribution in [0.25, 0.3) is 0 Å². The number of rotatable bonds is 21. The summed E-state index contributed by atoms with van der Waals surface area (Å²) in [5.74, 6) is 1.75. The fraction of sp³-hybridized carbons (Fsp3) is 0.920. The molecule has 0 aliphatic carbocycles. The van der Waals surface area contributed by atoms with Crippen LogP contribution in [0.15, 0.2) is 0 Å². The molecule has 5 heteroatoms. The van der Waals surface area contributed by atoms with Crippen LogP contribution in [0.1, 0.15) is 117 Å². The van der Waals surface area contributed by atoms with Crippen LogP contribution in [-0.2, 0) is 30.0 Å². The zero-order valence-corrected chi connectivity index (χ0v) is 21.2. The van der Waals surface area contributed by atoms with Crippen molar-refractivity contribution in [3.63, 3.8) is 0 Å². The third-order valence-electron chi connectivity index (χ3n) is 5.63. The smallest absolute Gasteiger partial charge is 0.310 e. The molecular formula is C25H49O4S+. The molecule has 0 aromatic rings. The second kappa shape index (κ2) is 21.5. The molecule has 0 N–H and O–H groups in total. The first kappa shape index (κ1) is 29.3. The number of carbonyl (C=O) groups is 2. The monoisotopic (exact) mass is 445 g/mol. The molecule has 0 radical (unpaired) electrons. The summed E-state index contributed by atoms with van der Waals surface area (Å²) in [7, 11) is 1.49. The molecule has 0 aromatic heterocycles. The Morgan fingerprint density at radius 3 is 1.73 bits per heavy atom. The van der Waals surface area contributed by atoms with Gasteiger partial charge in [-0.2, -0.15) is 0 Å². The van der Waals surface area contributed by atoms with E-state index in [2.05, 4.69) is 20.8 Å². The number of methoxy groups -OCH3 is 1. The van der Waals surface area contributed by atoms with Crippen LogP contribution in [0.4, 0.5) is 0 Å². The Balaban J connectivity index is 4.24. The zero-order valence-electron chi connectivity index (χ0n) is 20.3. The minimum Gasteiger partial charge on any atom is -0.469 e. The molecular weight excluding hydrogens is 396 g/mol. The fourth-order valence-electron chi connectivity index (χ4n) is 3.68. The number of ether oxygens (including phenoxy) is 2. The summed E-state index contributed by atoms with van der Waals surface area (Å²) in [5.41, 5.74) is 0. The van der Waals surface area contributed by atoms with E-state index < -0.39 is 0 Å². The van der Waals surface area contributed by atoms with Gasteiger partial charge in [-0.05, 0) is 37.1 Å². The molecule has 0 rings (SSSR count). The summed E-state index contributed by atoms with van der Waals surface area (Å²) in [4.78, 5) is 24.2. The average molecular weight is 446 g/mol.